The third-order valence-electron chi connectivity index (χ3n) is 2.49. The normalized spacial score (nSPS) is 11.8. The fourth-order valence-corrected chi connectivity index (χ4v) is 1.82. The highest BCUT2D eigenvalue weighted by Gasteiger charge is 2.16. The summed E-state index contributed by atoms with van der Waals surface area (Å²) in [6.45, 7) is 6.01. The molecule has 2 heterocycles. The van der Waals surface area contributed by atoms with Crippen LogP contribution in [0, 0.1) is 6.92 Å². The summed E-state index contributed by atoms with van der Waals surface area (Å²) in [4.78, 5) is 12.0. The van der Waals surface area contributed by atoms with Gasteiger partial charge in [-0.2, -0.15) is 0 Å². The highest BCUT2D eigenvalue weighted by Crippen LogP contribution is 2.21. The number of imidazole rings is 1. The van der Waals surface area contributed by atoms with Crippen LogP contribution >= 0.6 is 0 Å². The van der Waals surface area contributed by atoms with Gasteiger partial charge in [-0.1, -0.05) is 0 Å². The van der Waals surface area contributed by atoms with Crippen molar-refractivity contribution in [1.29, 1.82) is 0 Å². The Balaban J connectivity index is 2.32. The first-order chi connectivity index (χ1) is 7.96. The topological polar surface area (TPSA) is 67.6 Å². The van der Waals surface area contributed by atoms with Crippen LogP contribution in [-0.2, 0) is 6.42 Å². The molecule has 0 saturated carbocycles. The van der Waals surface area contributed by atoms with Gasteiger partial charge < -0.3 is 10.7 Å². The second-order valence-corrected chi connectivity index (χ2v) is 5.06. The predicted octanol–water partition coefficient (Wildman–Crippen LogP) is 2.06. The molecule has 0 atom stereocenters. The van der Waals surface area contributed by atoms with Crippen molar-refractivity contribution < 1.29 is 0 Å². The number of aromatic nitrogens is 3. The SMILES string of the molecule is Cc1[nH]c(CC(C)(C)N)nc1-c1cccnc1. The summed E-state index contributed by atoms with van der Waals surface area (Å²) in [5, 5.41) is 0. The van der Waals surface area contributed by atoms with E-state index in [1.807, 2.05) is 39.1 Å². The molecule has 90 valence electrons. The van der Waals surface area contributed by atoms with E-state index in [1.165, 1.54) is 0 Å². The molecule has 0 aliphatic carbocycles. The van der Waals surface area contributed by atoms with E-state index in [-0.39, 0.29) is 5.54 Å². The van der Waals surface area contributed by atoms with Crippen LogP contribution in [0.25, 0.3) is 11.3 Å². The molecule has 2 rings (SSSR count). The molecule has 0 aromatic carbocycles. The minimum Gasteiger partial charge on any atom is -0.346 e. The number of pyridine rings is 1. The van der Waals surface area contributed by atoms with E-state index in [4.69, 9.17) is 5.73 Å². The standard InChI is InChI=1S/C13H18N4/c1-9-12(10-5-4-6-15-8-10)17-11(16-9)7-13(2,3)14/h4-6,8H,7,14H2,1-3H3,(H,16,17). The average molecular weight is 230 g/mol. The quantitative estimate of drug-likeness (QED) is 0.848. The van der Waals surface area contributed by atoms with E-state index in [0.717, 1.165) is 29.2 Å². The summed E-state index contributed by atoms with van der Waals surface area (Å²) in [5.41, 5.74) is 8.78. The summed E-state index contributed by atoms with van der Waals surface area (Å²) in [6.07, 6.45) is 4.31. The van der Waals surface area contributed by atoms with Gasteiger partial charge >= 0.3 is 0 Å². The van der Waals surface area contributed by atoms with Crippen molar-refractivity contribution in [1.82, 2.24) is 15.0 Å². The van der Waals surface area contributed by atoms with Crippen LogP contribution in [0.4, 0.5) is 0 Å². The first kappa shape index (κ1) is 11.8. The maximum atomic E-state index is 5.99. The summed E-state index contributed by atoms with van der Waals surface area (Å²) >= 11 is 0. The van der Waals surface area contributed by atoms with Crippen molar-refractivity contribution in [2.45, 2.75) is 32.7 Å². The largest absolute Gasteiger partial charge is 0.346 e. The lowest BCUT2D eigenvalue weighted by Gasteiger charge is -2.15. The molecule has 0 aliphatic rings. The zero-order chi connectivity index (χ0) is 12.5. The van der Waals surface area contributed by atoms with Gasteiger partial charge in [-0.3, -0.25) is 4.98 Å². The number of nitrogens with two attached hydrogens (primary N) is 1. The van der Waals surface area contributed by atoms with Gasteiger partial charge in [-0.25, -0.2) is 4.98 Å². The number of hydrogen-bond acceptors (Lipinski definition) is 3. The van der Waals surface area contributed by atoms with Crippen LogP contribution in [0.15, 0.2) is 24.5 Å². The van der Waals surface area contributed by atoms with Gasteiger partial charge in [0.25, 0.3) is 0 Å². The van der Waals surface area contributed by atoms with Crippen molar-refractivity contribution in [2.24, 2.45) is 5.73 Å². The number of rotatable bonds is 3. The average Bonchev–Trinajstić information content (AvgIpc) is 2.58. The van der Waals surface area contributed by atoms with E-state index in [0.29, 0.717) is 0 Å². The molecule has 0 unspecified atom stereocenters. The van der Waals surface area contributed by atoms with Crippen LogP contribution in [0.5, 0.6) is 0 Å². The molecule has 4 heteroatoms. The van der Waals surface area contributed by atoms with E-state index >= 15 is 0 Å². The highest BCUT2D eigenvalue weighted by atomic mass is 14.9. The molecular weight excluding hydrogens is 212 g/mol. The lowest BCUT2D eigenvalue weighted by atomic mass is 10.0. The smallest absolute Gasteiger partial charge is 0.108 e. The third kappa shape index (κ3) is 2.91. The lowest BCUT2D eigenvalue weighted by Crippen LogP contribution is -2.34. The Bertz CT molecular complexity index is 494. The number of aryl methyl sites for hydroxylation is 1. The lowest BCUT2D eigenvalue weighted by molar-refractivity contribution is 0.504. The van der Waals surface area contributed by atoms with Crippen LogP contribution in [0.2, 0.25) is 0 Å². The Morgan fingerprint density at radius 1 is 1.41 bits per heavy atom. The molecule has 0 fully saturated rings. The maximum absolute atomic E-state index is 5.99. The monoisotopic (exact) mass is 230 g/mol. The molecule has 0 aliphatic heterocycles. The number of nitrogens with one attached hydrogen (secondary N) is 1. The van der Waals surface area contributed by atoms with E-state index in [1.54, 1.807) is 6.20 Å². The van der Waals surface area contributed by atoms with Gasteiger partial charge in [0.05, 0.1) is 5.69 Å². The first-order valence-corrected chi connectivity index (χ1v) is 5.70. The van der Waals surface area contributed by atoms with Crippen molar-refractivity contribution >= 4 is 0 Å². The predicted molar refractivity (Wildman–Crippen MR) is 68.5 cm³/mol. The van der Waals surface area contributed by atoms with E-state index in [2.05, 4.69) is 15.0 Å². The maximum Gasteiger partial charge on any atom is 0.108 e. The second kappa shape index (κ2) is 4.30. The van der Waals surface area contributed by atoms with E-state index in [9.17, 15) is 0 Å². The summed E-state index contributed by atoms with van der Waals surface area (Å²) in [6, 6.07) is 3.92. The number of H-pyrrole nitrogens is 1. The fourth-order valence-electron chi connectivity index (χ4n) is 1.82. The zero-order valence-electron chi connectivity index (χ0n) is 10.5. The Kier molecular flexibility index (Phi) is 2.98. The number of nitrogens with zero attached hydrogens (tertiary/aromatic N) is 2. The van der Waals surface area contributed by atoms with Gasteiger partial charge in [0.1, 0.15) is 5.82 Å². The van der Waals surface area contributed by atoms with Gasteiger partial charge in [0, 0.05) is 35.6 Å². The molecule has 17 heavy (non-hydrogen) atoms. The summed E-state index contributed by atoms with van der Waals surface area (Å²) in [5.74, 6) is 0.925. The van der Waals surface area contributed by atoms with Crippen molar-refractivity contribution in [3.8, 4) is 11.3 Å². The Morgan fingerprint density at radius 2 is 2.18 bits per heavy atom. The number of aromatic amines is 1. The summed E-state index contributed by atoms with van der Waals surface area (Å²) < 4.78 is 0. The van der Waals surface area contributed by atoms with Gasteiger partial charge in [0.2, 0.25) is 0 Å². The first-order valence-electron chi connectivity index (χ1n) is 5.70. The van der Waals surface area contributed by atoms with Crippen LogP contribution in [-0.4, -0.2) is 20.5 Å². The van der Waals surface area contributed by atoms with Crippen LogP contribution in [0.1, 0.15) is 25.4 Å². The zero-order valence-corrected chi connectivity index (χ0v) is 10.5. The molecule has 0 spiro atoms. The molecule has 0 saturated heterocycles. The van der Waals surface area contributed by atoms with Crippen LogP contribution < -0.4 is 5.73 Å². The van der Waals surface area contributed by atoms with Gasteiger partial charge in [-0.05, 0) is 32.9 Å². The van der Waals surface area contributed by atoms with Gasteiger partial charge in [0.15, 0.2) is 0 Å². The summed E-state index contributed by atoms with van der Waals surface area (Å²) in [7, 11) is 0. The molecule has 2 aromatic heterocycles. The molecule has 4 nitrogen and oxygen atoms in total. The molecule has 0 bridgehead atoms. The molecule has 0 amide bonds. The molecular formula is C13H18N4. The minimum absolute atomic E-state index is 0.253. The van der Waals surface area contributed by atoms with E-state index < -0.39 is 0 Å². The van der Waals surface area contributed by atoms with Crippen molar-refractivity contribution in [3.63, 3.8) is 0 Å². The Labute approximate surface area is 101 Å². The number of hydrogen-bond donors (Lipinski definition) is 2. The van der Waals surface area contributed by atoms with Gasteiger partial charge in [-0.15, -0.1) is 0 Å². The van der Waals surface area contributed by atoms with Crippen molar-refractivity contribution in [2.75, 3.05) is 0 Å². The van der Waals surface area contributed by atoms with Crippen molar-refractivity contribution in [3.05, 3.63) is 36.0 Å². The third-order valence-corrected chi connectivity index (χ3v) is 2.49. The van der Waals surface area contributed by atoms with Crippen LogP contribution in [0.3, 0.4) is 0 Å². The molecule has 0 radical (unpaired) electrons. The Morgan fingerprint density at radius 3 is 2.76 bits per heavy atom. The molecule has 2 aromatic rings. The second-order valence-electron chi connectivity index (χ2n) is 5.06. The Hall–Kier alpha value is -1.68. The highest BCUT2D eigenvalue weighted by molar-refractivity contribution is 5.60. The minimum atomic E-state index is -0.253. The fraction of sp³-hybridized carbons (Fsp3) is 0.385. The molecule has 3 N–H and O–H groups in total.